The van der Waals surface area contributed by atoms with Gasteiger partial charge in [0.15, 0.2) is 5.78 Å². The van der Waals surface area contributed by atoms with E-state index in [1.165, 1.54) is 11.3 Å². The van der Waals surface area contributed by atoms with E-state index in [1.54, 1.807) is 42.6 Å². The summed E-state index contributed by atoms with van der Waals surface area (Å²) < 4.78 is 5.78. The zero-order chi connectivity index (χ0) is 21.3. The first-order chi connectivity index (χ1) is 14.4. The highest BCUT2D eigenvalue weighted by Crippen LogP contribution is 2.34. The third-order valence-corrected chi connectivity index (χ3v) is 6.07. The number of carboxylic acids is 1. The normalized spacial score (nSPS) is 10.9. The number of Topliss-reactive ketones (excluding diaryl/α,β-unsaturated/α-hetero) is 1. The van der Waals surface area contributed by atoms with E-state index in [0.717, 1.165) is 11.1 Å². The minimum absolute atomic E-state index is 0.00546. The van der Waals surface area contributed by atoms with E-state index in [2.05, 4.69) is 0 Å². The van der Waals surface area contributed by atoms with E-state index in [9.17, 15) is 14.7 Å². The fraction of sp³-hybridized carbons (Fsp3) is 0.0833. The third-order valence-electron chi connectivity index (χ3n) is 4.83. The number of ketones is 1. The van der Waals surface area contributed by atoms with E-state index >= 15 is 0 Å². The Morgan fingerprint density at radius 3 is 2.40 bits per heavy atom. The van der Waals surface area contributed by atoms with Crippen LogP contribution in [-0.4, -0.2) is 16.9 Å². The first-order valence-electron chi connectivity index (χ1n) is 9.22. The molecule has 0 atom stereocenters. The van der Waals surface area contributed by atoms with Crippen LogP contribution < -0.4 is 0 Å². The molecule has 4 nitrogen and oxygen atoms in total. The number of aromatic carboxylic acids is 1. The molecule has 6 heteroatoms. The third kappa shape index (κ3) is 3.95. The molecular weight excluding hydrogens is 420 g/mol. The van der Waals surface area contributed by atoms with Gasteiger partial charge in [0.25, 0.3) is 0 Å². The molecule has 0 aliphatic heterocycles. The van der Waals surface area contributed by atoms with Crippen molar-refractivity contribution in [2.45, 2.75) is 13.3 Å². The largest absolute Gasteiger partial charge is 0.478 e. The SMILES string of the molecule is Cc1oc(-c2ccccc2)cc1C(=O)Cc1scc(-c2ccc(Cl)cc2)c1C(=O)O. The quantitative estimate of drug-likeness (QED) is 0.339. The van der Waals surface area contributed by atoms with Crippen molar-refractivity contribution in [1.29, 1.82) is 0 Å². The smallest absolute Gasteiger partial charge is 0.337 e. The average Bonchev–Trinajstić information content (AvgIpc) is 3.33. The van der Waals surface area contributed by atoms with Crippen LogP contribution in [0.1, 0.15) is 31.4 Å². The van der Waals surface area contributed by atoms with Gasteiger partial charge in [-0.15, -0.1) is 11.3 Å². The van der Waals surface area contributed by atoms with Crippen molar-refractivity contribution in [2.24, 2.45) is 0 Å². The molecule has 2 aromatic carbocycles. The second kappa shape index (κ2) is 8.30. The number of furan rings is 1. The lowest BCUT2D eigenvalue weighted by atomic mass is 9.99. The van der Waals surface area contributed by atoms with Gasteiger partial charge in [-0.05, 0) is 36.1 Å². The number of thiophene rings is 1. The number of rotatable bonds is 6. The van der Waals surface area contributed by atoms with Crippen molar-refractivity contribution < 1.29 is 19.1 Å². The first kappa shape index (κ1) is 20.1. The molecule has 0 aliphatic carbocycles. The minimum atomic E-state index is -1.06. The van der Waals surface area contributed by atoms with Gasteiger partial charge in [-0.2, -0.15) is 0 Å². The number of carboxylic acid groups (broad SMARTS) is 1. The topological polar surface area (TPSA) is 67.5 Å². The molecular formula is C24H17ClO4S. The van der Waals surface area contributed by atoms with Crippen LogP contribution >= 0.6 is 22.9 Å². The predicted molar refractivity (Wildman–Crippen MR) is 119 cm³/mol. The van der Waals surface area contributed by atoms with Gasteiger partial charge in [0.05, 0.1) is 11.1 Å². The van der Waals surface area contributed by atoms with E-state index < -0.39 is 5.97 Å². The number of carbonyl (C=O) groups excluding carboxylic acids is 1. The molecule has 0 bridgehead atoms. The van der Waals surface area contributed by atoms with Gasteiger partial charge < -0.3 is 9.52 Å². The summed E-state index contributed by atoms with van der Waals surface area (Å²) in [6.45, 7) is 1.74. The zero-order valence-corrected chi connectivity index (χ0v) is 17.6. The summed E-state index contributed by atoms with van der Waals surface area (Å²) in [5.74, 6) is -0.100. The second-order valence-corrected chi connectivity index (χ2v) is 8.21. The van der Waals surface area contributed by atoms with Crippen LogP contribution in [-0.2, 0) is 6.42 Å². The number of hydrogen-bond donors (Lipinski definition) is 1. The maximum Gasteiger partial charge on any atom is 0.337 e. The van der Waals surface area contributed by atoms with Gasteiger partial charge in [0.1, 0.15) is 11.5 Å². The Labute approximate surface area is 182 Å². The van der Waals surface area contributed by atoms with Crippen molar-refractivity contribution >= 4 is 34.7 Å². The predicted octanol–water partition coefficient (Wildman–Crippen LogP) is 6.76. The molecule has 0 amide bonds. The molecule has 0 fully saturated rings. The number of benzene rings is 2. The fourth-order valence-electron chi connectivity index (χ4n) is 3.35. The zero-order valence-electron chi connectivity index (χ0n) is 16.0. The molecule has 30 heavy (non-hydrogen) atoms. The van der Waals surface area contributed by atoms with Crippen molar-refractivity contribution in [3.63, 3.8) is 0 Å². The fourth-order valence-corrected chi connectivity index (χ4v) is 4.52. The lowest BCUT2D eigenvalue weighted by molar-refractivity contribution is 0.0697. The van der Waals surface area contributed by atoms with Crippen LogP contribution in [0, 0.1) is 6.92 Å². The summed E-state index contributed by atoms with van der Waals surface area (Å²) in [6.07, 6.45) is -0.00546. The summed E-state index contributed by atoms with van der Waals surface area (Å²) in [5, 5.41) is 12.1. The molecule has 0 unspecified atom stereocenters. The first-order valence-corrected chi connectivity index (χ1v) is 10.5. The van der Waals surface area contributed by atoms with Crippen molar-refractivity contribution in [3.05, 3.63) is 92.8 Å². The Morgan fingerprint density at radius 1 is 1.03 bits per heavy atom. The minimum Gasteiger partial charge on any atom is -0.478 e. The van der Waals surface area contributed by atoms with Crippen molar-refractivity contribution in [1.82, 2.24) is 0 Å². The summed E-state index contributed by atoms with van der Waals surface area (Å²) in [4.78, 5) is 25.5. The van der Waals surface area contributed by atoms with Crippen LogP contribution in [0.3, 0.4) is 0 Å². The van der Waals surface area contributed by atoms with Crippen molar-refractivity contribution in [2.75, 3.05) is 0 Å². The molecule has 0 saturated heterocycles. The van der Waals surface area contributed by atoms with Crippen molar-refractivity contribution in [3.8, 4) is 22.5 Å². The molecule has 0 aliphatic rings. The monoisotopic (exact) mass is 436 g/mol. The average molecular weight is 437 g/mol. The molecule has 4 rings (SSSR count). The Morgan fingerprint density at radius 2 is 1.73 bits per heavy atom. The van der Waals surface area contributed by atoms with Gasteiger partial charge in [-0.25, -0.2) is 4.79 Å². The highest BCUT2D eigenvalue weighted by Gasteiger charge is 2.23. The lowest BCUT2D eigenvalue weighted by Gasteiger charge is -2.04. The lowest BCUT2D eigenvalue weighted by Crippen LogP contribution is -2.07. The second-order valence-electron chi connectivity index (χ2n) is 6.81. The molecule has 4 aromatic rings. The molecule has 0 radical (unpaired) electrons. The molecule has 0 saturated carbocycles. The number of aryl methyl sites for hydroxylation is 1. The Hall–Kier alpha value is -3.15. The van der Waals surface area contributed by atoms with Gasteiger partial charge >= 0.3 is 5.97 Å². The van der Waals surface area contributed by atoms with Crippen LogP contribution in [0.25, 0.3) is 22.5 Å². The Bertz CT molecular complexity index is 1220. The van der Waals surface area contributed by atoms with Crippen LogP contribution in [0.2, 0.25) is 5.02 Å². The highest BCUT2D eigenvalue weighted by atomic mass is 35.5. The molecule has 2 heterocycles. The van der Waals surface area contributed by atoms with E-state index in [4.69, 9.17) is 16.0 Å². The molecule has 1 N–H and O–H groups in total. The number of hydrogen-bond acceptors (Lipinski definition) is 4. The Balaban J connectivity index is 1.65. The Kier molecular flexibility index (Phi) is 5.57. The summed E-state index contributed by atoms with van der Waals surface area (Å²) in [6, 6.07) is 18.2. The van der Waals surface area contributed by atoms with Crippen LogP contribution in [0.5, 0.6) is 0 Å². The van der Waals surface area contributed by atoms with Gasteiger partial charge in [0.2, 0.25) is 0 Å². The number of halogens is 1. The van der Waals surface area contributed by atoms with E-state index in [1.807, 2.05) is 30.3 Å². The number of carbonyl (C=O) groups is 2. The standard InChI is InChI=1S/C24H17ClO4S/c1-14-18(11-21(29-14)16-5-3-2-4-6-16)20(26)12-22-23(24(27)28)19(13-30-22)15-7-9-17(25)10-8-15/h2-11,13H,12H2,1H3,(H,27,28). The maximum absolute atomic E-state index is 13.0. The van der Waals surface area contributed by atoms with Gasteiger partial charge in [-0.1, -0.05) is 54.1 Å². The summed E-state index contributed by atoms with van der Waals surface area (Å²) in [7, 11) is 0. The summed E-state index contributed by atoms with van der Waals surface area (Å²) in [5.41, 5.74) is 2.83. The molecule has 2 aromatic heterocycles. The summed E-state index contributed by atoms with van der Waals surface area (Å²) >= 11 is 7.21. The van der Waals surface area contributed by atoms with Gasteiger partial charge in [-0.3, -0.25) is 4.79 Å². The van der Waals surface area contributed by atoms with Crippen LogP contribution in [0.15, 0.2) is 70.5 Å². The van der Waals surface area contributed by atoms with E-state index in [0.29, 0.717) is 32.5 Å². The van der Waals surface area contributed by atoms with Crippen LogP contribution in [0.4, 0.5) is 0 Å². The molecule has 0 spiro atoms. The van der Waals surface area contributed by atoms with E-state index in [-0.39, 0.29) is 17.8 Å². The maximum atomic E-state index is 13.0. The highest BCUT2D eigenvalue weighted by molar-refractivity contribution is 7.11. The molecule has 150 valence electrons. The van der Waals surface area contributed by atoms with Gasteiger partial charge in [0, 0.05) is 27.4 Å².